The standard InChI is InChI=1S/C16H17FN6O3S/c1-22-9-18-21-16(22)27(25,26)11-4-6-23(7-5-11)15(24)14-12-3-2-10(17)8-13(12)19-20-14/h2-3,8-9,11H,4-7H2,1H3,(H,19,20). The van der Waals surface area contributed by atoms with Crippen LogP contribution < -0.4 is 0 Å². The molecular formula is C16H17FN6O3S. The third-order valence-electron chi connectivity index (χ3n) is 4.82. The topological polar surface area (TPSA) is 114 Å². The van der Waals surface area contributed by atoms with Gasteiger partial charge in [-0.25, -0.2) is 12.8 Å². The van der Waals surface area contributed by atoms with Gasteiger partial charge < -0.3 is 9.47 Å². The van der Waals surface area contributed by atoms with E-state index in [2.05, 4.69) is 20.4 Å². The molecule has 1 aliphatic rings. The highest BCUT2D eigenvalue weighted by Crippen LogP contribution is 2.25. The Hall–Kier alpha value is -2.82. The molecule has 27 heavy (non-hydrogen) atoms. The van der Waals surface area contributed by atoms with E-state index < -0.39 is 20.9 Å². The second-order valence-corrected chi connectivity index (χ2v) is 8.64. The molecule has 3 aromatic rings. The predicted molar refractivity (Wildman–Crippen MR) is 93.2 cm³/mol. The number of nitrogens with zero attached hydrogens (tertiary/aromatic N) is 5. The summed E-state index contributed by atoms with van der Waals surface area (Å²) in [4.78, 5) is 14.3. The van der Waals surface area contributed by atoms with Crippen molar-refractivity contribution in [3.8, 4) is 0 Å². The summed E-state index contributed by atoms with van der Waals surface area (Å²) in [6.07, 6.45) is 1.95. The van der Waals surface area contributed by atoms with Crippen LogP contribution in [0.4, 0.5) is 4.39 Å². The molecule has 3 heterocycles. The van der Waals surface area contributed by atoms with Crippen molar-refractivity contribution in [2.24, 2.45) is 7.05 Å². The number of rotatable bonds is 3. The van der Waals surface area contributed by atoms with Gasteiger partial charge in [-0.1, -0.05) is 0 Å². The highest BCUT2D eigenvalue weighted by atomic mass is 32.2. The van der Waals surface area contributed by atoms with E-state index in [1.54, 1.807) is 11.9 Å². The molecule has 0 aliphatic carbocycles. The molecule has 0 saturated carbocycles. The van der Waals surface area contributed by atoms with E-state index in [1.807, 2.05) is 0 Å². The number of aryl methyl sites for hydroxylation is 1. The highest BCUT2D eigenvalue weighted by Gasteiger charge is 2.36. The Balaban J connectivity index is 1.50. The lowest BCUT2D eigenvalue weighted by atomic mass is 10.1. The fraction of sp³-hybridized carbons (Fsp3) is 0.375. The Labute approximate surface area is 154 Å². The van der Waals surface area contributed by atoms with Crippen LogP contribution in [0.15, 0.2) is 29.7 Å². The van der Waals surface area contributed by atoms with E-state index >= 15 is 0 Å². The first kappa shape index (κ1) is 17.6. The quantitative estimate of drug-likeness (QED) is 0.709. The Morgan fingerprint density at radius 1 is 1.30 bits per heavy atom. The Morgan fingerprint density at radius 3 is 2.70 bits per heavy atom. The molecule has 1 aliphatic heterocycles. The van der Waals surface area contributed by atoms with E-state index in [9.17, 15) is 17.6 Å². The van der Waals surface area contributed by atoms with E-state index in [1.165, 1.54) is 29.1 Å². The van der Waals surface area contributed by atoms with E-state index in [4.69, 9.17) is 0 Å². The number of carbonyl (C=O) groups is 1. The van der Waals surface area contributed by atoms with Crippen molar-refractivity contribution in [3.63, 3.8) is 0 Å². The van der Waals surface area contributed by atoms with Crippen LogP contribution in [0, 0.1) is 5.82 Å². The second-order valence-electron chi connectivity index (χ2n) is 6.52. The first-order valence-corrected chi connectivity index (χ1v) is 9.93. The number of hydrogen-bond acceptors (Lipinski definition) is 6. The number of fused-ring (bicyclic) bond motifs is 1. The summed E-state index contributed by atoms with van der Waals surface area (Å²) in [5, 5.41) is 13.8. The molecule has 1 saturated heterocycles. The predicted octanol–water partition coefficient (Wildman–Crippen LogP) is 0.909. The molecule has 4 rings (SSSR count). The minimum absolute atomic E-state index is 0.0624. The van der Waals surface area contributed by atoms with Crippen LogP contribution >= 0.6 is 0 Å². The smallest absolute Gasteiger partial charge is 0.274 e. The van der Waals surface area contributed by atoms with E-state index in [0.29, 0.717) is 23.7 Å². The molecule has 9 nitrogen and oxygen atoms in total. The first-order valence-electron chi connectivity index (χ1n) is 8.38. The zero-order valence-electron chi connectivity index (χ0n) is 14.5. The summed E-state index contributed by atoms with van der Waals surface area (Å²) in [6.45, 7) is 0.576. The number of piperidine rings is 1. The number of amides is 1. The van der Waals surface area contributed by atoms with Gasteiger partial charge in [0.15, 0.2) is 5.69 Å². The third kappa shape index (κ3) is 2.97. The molecule has 0 radical (unpaired) electrons. The number of H-pyrrole nitrogens is 1. The third-order valence-corrected chi connectivity index (χ3v) is 7.05. The number of sulfone groups is 1. The number of hydrogen-bond donors (Lipinski definition) is 1. The van der Waals surface area contributed by atoms with Crippen molar-refractivity contribution in [1.82, 2.24) is 29.9 Å². The summed E-state index contributed by atoms with van der Waals surface area (Å²) >= 11 is 0. The summed E-state index contributed by atoms with van der Waals surface area (Å²) < 4.78 is 40.1. The summed E-state index contributed by atoms with van der Waals surface area (Å²) in [7, 11) is -2.02. The average Bonchev–Trinajstić information content (AvgIpc) is 3.27. The Kier molecular flexibility index (Phi) is 4.17. The van der Waals surface area contributed by atoms with Crippen molar-refractivity contribution in [1.29, 1.82) is 0 Å². The maximum atomic E-state index is 13.3. The molecule has 1 amide bonds. The molecular weight excluding hydrogens is 375 g/mol. The minimum atomic E-state index is -3.60. The zero-order chi connectivity index (χ0) is 19.2. The van der Waals surface area contributed by atoms with Gasteiger partial charge in [-0.15, -0.1) is 10.2 Å². The molecule has 142 valence electrons. The summed E-state index contributed by atoms with van der Waals surface area (Å²) in [6, 6.07) is 4.06. The normalized spacial score (nSPS) is 16.1. The molecule has 1 N–H and O–H groups in total. The van der Waals surface area contributed by atoms with Gasteiger partial charge in [-0.2, -0.15) is 5.10 Å². The molecule has 0 unspecified atom stereocenters. The number of nitrogens with one attached hydrogen (secondary N) is 1. The molecule has 0 bridgehead atoms. The van der Waals surface area contributed by atoms with Crippen LogP contribution in [0.25, 0.3) is 10.9 Å². The van der Waals surface area contributed by atoms with Crippen molar-refractivity contribution >= 4 is 26.6 Å². The number of halogens is 1. The van der Waals surface area contributed by atoms with Crippen LogP contribution in [0.5, 0.6) is 0 Å². The second kappa shape index (κ2) is 6.41. The van der Waals surface area contributed by atoms with E-state index in [0.717, 1.165) is 0 Å². The van der Waals surface area contributed by atoms with Crippen molar-refractivity contribution in [2.45, 2.75) is 23.2 Å². The number of aromatic nitrogens is 5. The number of aromatic amines is 1. The minimum Gasteiger partial charge on any atom is -0.337 e. The molecule has 1 aromatic carbocycles. The average molecular weight is 392 g/mol. The van der Waals surface area contributed by atoms with Crippen molar-refractivity contribution < 1.29 is 17.6 Å². The van der Waals surface area contributed by atoms with Crippen LogP contribution in [-0.4, -0.2) is 62.5 Å². The monoisotopic (exact) mass is 392 g/mol. The summed E-state index contributed by atoms with van der Waals surface area (Å²) in [5.41, 5.74) is 0.651. The maximum Gasteiger partial charge on any atom is 0.274 e. The van der Waals surface area contributed by atoms with Crippen LogP contribution in [0.1, 0.15) is 23.3 Å². The van der Waals surface area contributed by atoms with Gasteiger partial charge >= 0.3 is 0 Å². The SMILES string of the molecule is Cn1cnnc1S(=O)(=O)C1CCN(C(=O)c2n[nH]c3cc(F)ccc23)CC1. The first-order chi connectivity index (χ1) is 12.9. The summed E-state index contributed by atoms with van der Waals surface area (Å²) in [5.74, 6) is -0.720. The van der Waals surface area contributed by atoms with Gasteiger partial charge in [0, 0.05) is 25.5 Å². The van der Waals surface area contributed by atoms with Gasteiger partial charge in [0.05, 0.1) is 10.8 Å². The van der Waals surface area contributed by atoms with Gasteiger partial charge in [-0.05, 0) is 31.0 Å². The molecule has 1 fully saturated rings. The van der Waals surface area contributed by atoms with E-state index in [-0.39, 0.29) is 29.8 Å². The number of carbonyl (C=O) groups excluding carboxylic acids is 1. The molecule has 11 heteroatoms. The maximum absolute atomic E-state index is 13.3. The van der Waals surface area contributed by atoms with Gasteiger partial charge in [0.25, 0.3) is 5.91 Å². The fourth-order valence-corrected chi connectivity index (χ4v) is 5.09. The van der Waals surface area contributed by atoms with Crippen LogP contribution in [0.3, 0.4) is 0 Å². The van der Waals surface area contributed by atoms with Gasteiger partial charge in [0.2, 0.25) is 15.0 Å². The number of likely N-dealkylation sites (tertiary alicyclic amines) is 1. The largest absolute Gasteiger partial charge is 0.337 e. The van der Waals surface area contributed by atoms with Gasteiger partial charge in [0.1, 0.15) is 12.1 Å². The van der Waals surface area contributed by atoms with Crippen LogP contribution in [0.2, 0.25) is 0 Å². The fourth-order valence-electron chi connectivity index (χ4n) is 3.35. The lowest BCUT2D eigenvalue weighted by Crippen LogP contribution is -2.43. The van der Waals surface area contributed by atoms with Crippen molar-refractivity contribution in [2.75, 3.05) is 13.1 Å². The Bertz CT molecular complexity index is 1110. The lowest BCUT2D eigenvalue weighted by Gasteiger charge is -2.31. The number of benzene rings is 1. The van der Waals surface area contributed by atoms with Crippen LogP contribution in [-0.2, 0) is 16.9 Å². The highest BCUT2D eigenvalue weighted by molar-refractivity contribution is 7.91. The molecule has 0 spiro atoms. The lowest BCUT2D eigenvalue weighted by molar-refractivity contribution is 0.0721. The van der Waals surface area contributed by atoms with Gasteiger partial charge in [-0.3, -0.25) is 9.89 Å². The molecule has 0 atom stereocenters. The molecule has 2 aromatic heterocycles. The van der Waals surface area contributed by atoms with Crippen molar-refractivity contribution in [3.05, 3.63) is 36.0 Å². The zero-order valence-corrected chi connectivity index (χ0v) is 15.3. The Morgan fingerprint density at radius 2 is 2.04 bits per heavy atom.